The van der Waals surface area contributed by atoms with Gasteiger partial charge in [-0.05, 0) is 12.8 Å². The summed E-state index contributed by atoms with van der Waals surface area (Å²) in [6.45, 7) is 12.2. The summed E-state index contributed by atoms with van der Waals surface area (Å²) in [5.41, 5.74) is 1.99. The van der Waals surface area contributed by atoms with E-state index in [-0.39, 0.29) is 0 Å². The second-order valence-electron chi connectivity index (χ2n) is 6.04. The van der Waals surface area contributed by atoms with Gasteiger partial charge in [0, 0.05) is 50.6 Å². The molecule has 5 nitrogen and oxygen atoms in total. The Morgan fingerprint density at radius 2 is 1.95 bits per heavy atom. The molecule has 1 aliphatic rings. The molecule has 3 rings (SSSR count). The van der Waals surface area contributed by atoms with Gasteiger partial charge in [-0.2, -0.15) is 9.61 Å². The van der Waals surface area contributed by atoms with Crippen molar-refractivity contribution in [1.82, 2.24) is 19.5 Å². The number of aromatic nitrogens is 3. The molecular weight excluding hydrogens is 250 g/mol. The molecule has 0 N–H and O–H groups in total. The van der Waals surface area contributed by atoms with Crippen LogP contribution in [0.4, 0.5) is 5.82 Å². The van der Waals surface area contributed by atoms with E-state index in [4.69, 9.17) is 0 Å². The molecule has 1 fully saturated rings. The van der Waals surface area contributed by atoms with Gasteiger partial charge in [0.2, 0.25) is 0 Å². The van der Waals surface area contributed by atoms with E-state index in [1.807, 2.05) is 23.7 Å². The third-order valence-electron chi connectivity index (χ3n) is 3.79. The number of anilines is 1. The first-order valence-corrected chi connectivity index (χ1v) is 7.42. The van der Waals surface area contributed by atoms with Crippen LogP contribution in [0.15, 0.2) is 18.3 Å². The van der Waals surface area contributed by atoms with Crippen LogP contribution in [-0.2, 0) is 0 Å². The van der Waals surface area contributed by atoms with Gasteiger partial charge >= 0.3 is 0 Å². The smallest absolute Gasteiger partial charge is 0.157 e. The van der Waals surface area contributed by atoms with Gasteiger partial charge in [0.15, 0.2) is 5.65 Å². The van der Waals surface area contributed by atoms with E-state index in [1.165, 1.54) is 12.4 Å². The van der Waals surface area contributed by atoms with Crippen molar-refractivity contribution >= 4 is 11.5 Å². The molecule has 1 aliphatic heterocycles. The number of rotatable bonds is 3. The topological polar surface area (TPSA) is 36.7 Å². The lowest BCUT2D eigenvalue weighted by Gasteiger charge is -2.36. The maximum Gasteiger partial charge on any atom is 0.157 e. The van der Waals surface area contributed by atoms with Crippen LogP contribution in [0.5, 0.6) is 0 Å². The summed E-state index contributed by atoms with van der Waals surface area (Å²) >= 11 is 0. The summed E-state index contributed by atoms with van der Waals surface area (Å²) in [5.74, 6) is 1.91. The van der Waals surface area contributed by atoms with Crippen molar-refractivity contribution in [3.8, 4) is 0 Å². The second kappa shape index (κ2) is 5.40. The third kappa shape index (κ3) is 2.63. The molecule has 1 saturated heterocycles. The summed E-state index contributed by atoms with van der Waals surface area (Å²) in [5, 5.41) is 4.40. The number of nitrogens with zero attached hydrogens (tertiary/aromatic N) is 5. The standard InChI is InChI=1S/C15H23N5/c1-12(2)11-18-6-8-19(9-7-18)15-10-13(3)17-14-4-5-16-20(14)15/h4-5,10,12H,6-9,11H2,1-3H3. The van der Waals surface area contributed by atoms with Crippen LogP contribution in [0.2, 0.25) is 0 Å². The van der Waals surface area contributed by atoms with Crippen LogP contribution in [0, 0.1) is 12.8 Å². The highest BCUT2D eigenvalue weighted by Gasteiger charge is 2.20. The van der Waals surface area contributed by atoms with Crippen molar-refractivity contribution in [2.75, 3.05) is 37.6 Å². The zero-order valence-corrected chi connectivity index (χ0v) is 12.6. The summed E-state index contributed by atoms with van der Waals surface area (Å²) < 4.78 is 1.95. The molecule has 0 spiro atoms. The Labute approximate surface area is 120 Å². The lowest BCUT2D eigenvalue weighted by Crippen LogP contribution is -2.48. The zero-order valence-electron chi connectivity index (χ0n) is 12.6. The fraction of sp³-hybridized carbons (Fsp3) is 0.600. The van der Waals surface area contributed by atoms with E-state index in [9.17, 15) is 0 Å². The largest absolute Gasteiger partial charge is 0.354 e. The minimum absolute atomic E-state index is 0.738. The maximum absolute atomic E-state index is 4.51. The minimum Gasteiger partial charge on any atom is -0.354 e. The summed E-state index contributed by atoms with van der Waals surface area (Å²) in [6.07, 6.45) is 1.82. The second-order valence-corrected chi connectivity index (χ2v) is 6.04. The monoisotopic (exact) mass is 273 g/mol. The highest BCUT2D eigenvalue weighted by molar-refractivity contribution is 5.50. The first-order chi connectivity index (χ1) is 9.63. The third-order valence-corrected chi connectivity index (χ3v) is 3.79. The van der Waals surface area contributed by atoms with Gasteiger partial charge in [0.1, 0.15) is 5.82 Å². The predicted octanol–water partition coefficient (Wildman–Crippen LogP) is 1.82. The highest BCUT2D eigenvalue weighted by Crippen LogP contribution is 2.19. The average Bonchev–Trinajstić information content (AvgIpc) is 2.86. The Balaban J connectivity index is 1.78. The lowest BCUT2D eigenvalue weighted by molar-refractivity contribution is 0.230. The molecule has 3 heterocycles. The molecule has 2 aromatic rings. The Morgan fingerprint density at radius 3 is 2.65 bits per heavy atom. The van der Waals surface area contributed by atoms with Crippen molar-refractivity contribution in [1.29, 1.82) is 0 Å². The first-order valence-electron chi connectivity index (χ1n) is 7.42. The molecule has 0 amide bonds. The van der Waals surface area contributed by atoms with Crippen molar-refractivity contribution < 1.29 is 0 Å². The fourth-order valence-corrected chi connectivity index (χ4v) is 2.92. The summed E-state index contributed by atoms with van der Waals surface area (Å²) in [7, 11) is 0. The fourth-order valence-electron chi connectivity index (χ4n) is 2.92. The molecule has 0 unspecified atom stereocenters. The number of hydrogen-bond donors (Lipinski definition) is 0. The van der Waals surface area contributed by atoms with Crippen molar-refractivity contribution in [3.63, 3.8) is 0 Å². The molecule has 0 radical (unpaired) electrons. The minimum atomic E-state index is 0.738. The zero-order chi connectivity index (χ0) is 14.1. The van der Waals surface area contributed by atoms with E-state index < -0.39 is 0 Å². The van der Waals surface area contributed by atoms with Crippen LogP contribution in [0.25, 0.3) is 5.65 Å². The SMILES string of the molecule is Cc1cc(N2CCN(CC(C)C)CC2)n2nccc2n1. The number of hydrogen-bond acceptors (Lipinski definition) is 4. The molecule has 2 aromatic heterocycles. The van der Waals surface area contributed by atoms with E-state index in [2.05, 4.69) is 39.8 Å². The number of piperazine rings is 1. The molecule has 0 bridgehead atoms. The Kier molecular flexibility index (Phi) is 3.61. The van der Waals surface area contributed by atoms with Crippen LogP contribution in [0.1, 0.15) is 19.5 Å². The molecular formula is C15H23N5. The van der Waals surface area contributed by atoms with Crippen LogP contribution in [0.3, 0.4) is 0 Å². The molecule has 0 atom stereocenters. The van der Waals surface area contributed by atoms with Crippen LogP contribution < -0.4 is 4.90 Å². The van der Waals surface area contributed by atoms with Crippen molar-refractivity contribution in [2.45, 2.75) is 20.8 Å². The molecule has 0 aromatic carbocycles. The first kappa shape index (κ1) is 13.4. The van der Waals surface area contributed by atoms with E-state index in [0.29, 0.717) is 0 Å². The van der Waals surface area contributed by atoms with Gasteiger partial charge in [-0.1, -0.05) is 13.8 Å². The van der Waals surface area contributed by atoms with Gasteiger partial charge in [0.05, 0.1) is 6.20 Å². The van der Waals surface area contributed by atoms with Gasteiger partial charge in [-0.25, -0.2) is 4.98 Å². The average molecular weight is 273 g/mol. The van der Waals surface area contributed by atoms with Crippen molar-refractivity contribution in [3.05, 3.63) is 24.0 Å². The van der Waals surface area contributed by atoms with E-state index >= 15 is 0 Å². The maximum atomic E-state index is 4.51. The Bertz CT molecular complexity index is 581. The quantitative estimate of drug-likeness (QED) is 0.855. The molecule has 108 valence electrons. The van der Waals surface area contributed by atoms with Gasteiger partial charge in [-0.3, -0.25) is 4.90 Å². The summed E-state index contributed by atoms with van der Waals surface area (Å²) in [4.78, 5) is 9.48. The highest BCUT2D eigenvalue weighted by atomic mass is 15.4. The number of fused-ring (bicyclic) bond motifs is 1. The Morgan fingerprint density at radius 1 is 1.20 bits per heavy atom. The molecule has 0 saturated carbocycles. The van der Waals surface area contributed by atoms with Gasteiger partial charge in [-0.15, -0.1) is 0 Å². The Hall–Kier alpha value is -1.62. The molecule has 20 heavy (non-hydrogen) atoms. The van der Waals surface area contributed by atoms with Crippen molar-refractivity contribution in [2.24, 2.45) is 5.92 Å². The van der Waals surface area contributed by atoms with Gasteiger partial charge in [0.25, 0.3) is 0 Å². The van der Waals surface area contributed by atoms with E-state index in [0.717, 1.165) is 43.4 Å². The summed E-state index contributed by atoms with van der Waals surface area (Å²) in [6, 6.07) is 4.10. The van der Waals surface area contributed by atoms with Crippen LogP contribution in [-0.4, -0.2) is 52.2 Å². The van der Waals surface area contributed by atoms with E-state index in [1.54, 1.807) is 0 Å². The molecule has 0 aliphatic carbocycles. The van der Waals surface area contributed by atoms with Crippen LogP contribution >= 0.6 is 0 Å². The lowest BCUT2D eigenvalue weighted by atomic mass is 10.2. The number of aryl methyl sites for hydroxylation is 1. The predicted molar refractivity (Wildman–Crippen MR) is 81.2 cm³/mol. The normalized spacial score (nSPS) is 17.3. The molecule has 5 heteroatoms. The van der Waals surface area contributed by atoms with Gasteiger partial charge < -0.3 is 4.90 Å².